The predicted octanol–water partition coefficient (Wildman–Crippen LogP) is 2.37. The van der Waals surface area contributed by atoms with E-state index in [1.165, 1.54) is 16.0 Å². The van der Waals surface area contributed by atoms with Crippen molar-refractivity contribution >= 4 is 17.3 Å². The number of aryl methyl sites for hydroxylation is 3. The molecule has 2 rings (SSSR count). The average Bonchev–Trinajstić information content (AvgIpc) is 2.82. The highest BCUT2D eigenvalue weighted by atomic mass is 32.1. The van der Waals surface area contributed by atoms with Crippen molar-refractivity contribution in [1.82, 2.24) is 20.6 Å². The van der Waals surface area contributed by atoms with E-state index < -0.39 is 0 Å². The molecule has 118 valence electrons. The largest absolute Gasteiger partial charge is 0.356 e. The Hall–Kier alpha value is -1.95. The average molecular weight is 317 g/mol. The fourth-order valence-electron chi connectivity index (χ4n) is 2.22. The maximum atomic E-state index is 4.44. The lowest BCUT2D eigenvalue weighted by atomic mass is 10.1. The molecule has 2 aromatic heterocycles. The fraction of sp³-hybridized carbons (Fsp3) is 0.438. The lowest BCUT2D eigenvalue weighted by molar-refractivity contribution is 0.793. The summed E-state index contributed by atoms with van der Waals surface area (Å²) >= 11 is 1.73. The predicted molar refractivity (Wildman–Crippen MR) is 92.5 cm³/mol. The van der Waals surface area contributed by atoms with Gasteiger partial charge < -0.3 is 10.6 Å². The van der Waals surface area contributed by atoms with Crippen molar-refractivity contribution in [1.29, 1.82) is 0 Å². The fourth-order valence-corrected chi connectivity index (χ4v) is 3.10. The molecule has 6 heteroatoms. The number of hydrogen-bond acceptors (Lipinski definition) is 4. The highest BCUT2D eigenvalue weighted by molar-refractivity contribution is 7.11. The molecule has 0 atom stereocenters. The van der Waals surface area contributed by atoms with Crippen LogP contribution in [0.3, 0.4) is 0 Å². The van der Waals surface area contributed by atoms with Crippen LogP contribution in [0.25, 0.3) is 0 Å². The Kier molecular flexibility index (Phi) is 5.89. The van der Waals surface area contributed by atoms with Gasteiger partial charge in [0.1, 0.15) is 0 Å². The zero-order valence-corrected chi connectivity index (χ0v) is 14.4. The van der Waals surface area contributed by atoms with Crippen molar-refractivity contribution in [2.75, 3.05) is 13.6 Å². The molecule has 0 spiro atoms. The number of guanidine groups is 1. The summed E-state index contributed by atoms with van der Waals surface area (Å²) in [4.78, 5) is 14.1. The Morgan fingerprint density at radius 3 is 2.73 bits per heavy atom. The summed E-state index contributed by atoms with van der Waals surface area (Å²) in [7, 11) is 1.79. The number of thiazole rings is 1. The molecule has 0 aliphatic carbocycles. The normalized spacial score (nSPS) is 11.5. The number of nitrogens with zero attached hydrogens (tertiary/aromatic N) is 3. The molecule has 2 aromatic rings. The summed E-state index contributed by atoms with van der Waals surface area (Å²) in [6, 6.07) is 2.07. The van der Waals surface area contributed by atoms with E-state index in [9.17, 15) is 0 Å². The topological polar surface area (TPSA) is 62.2 Å². The molecule has 5 nitrogen and oxygen atoms in total. The van der Waals surface area contributed by atoms with Gasteiger partial charge in [0.25, 0.3) is 0 Å². The van der Waals surface area contributed by atoms with Gasteiger partial charge in [-0.2, -0.15) is 0 Å². The summed E-state index contributed by atoms with van der Waals surface area (Å²) in [5.74, 6) is 0.817. The number of aliphatic imine (C=N–C) groups is 1. The number of rotatable bonds is 5. The Morgan fingerprint density at radius 2 is 2.09 bits per heavy atom. The van der Waals surface area contributed by atoms with Gasteiger partial charge in [-0.25, -0.2) is 4.98 Å². The third-order valence-corrected chi connectivity index (χ3v) is 4.54. The molecule has 2 N–H and O–H groups in total. The van der Waals surface area contributed by atoms with Crippen LogP contribution in [0, 0.1) is 20.8 Å². The van der Waals surface area contributed by atoms with Gasteiger partial charge in [-0.05, 0) is 44.4 Å². The maximum absolute atomic E-state index is 4.44. The third-order valence-electron chi connectivity index (χ3n) is 3.46. The van der Waals surface area contributed by atoms with Crippen LogP contribution >= 0.6 is 11.3 Å². The Labute approximate surface area is 135 Å². The van der Waals surface area contributed by atoms with Crippen LogP contribution < -0.4 is 10.6 Å². The summed E-state index contributed by atoms with van der Waals surface area (Å²) in [5, 5.41) is 7.78. The summed E-state index contributed by atoms with van der Waals surface area (Å²) in [5.41, 5.74) is 3.63. The zero-order valence-electron chi connectivity index (χ0n) is 13.6. The van der Waals surface area contributed by atoms with Crippen LogP contribution in [-0.4, -0.2) is 29.5 Å². The van der Waals surface area contributed by atoms with Crippen LogP contribution in [0.1, 0.15) is 26.7 Å². The van der Waals surface area contributed by atoms with Gasteiger partial charge in [0.05, 0.1) is 17.2 Å². The quantitative estimate of drug-likeness (QED) is 0.656. The van der Waals surface area contributed by atoms with Gasteiger partial charge >= 0.3 is 0 Å². The minimum atomic E-state index is 0.755. The second-order valence-electron chi connectivity index (χ2n) is 5.15. The van der Waals surface area contributed by atoms with Gasteiger partial charge in [-0.1, -0.05) is 0 Å². The first-order valence-electron chi connectivity index (χ1n) is 7.37. The molecule has 0 aliphatic rings. The van der Waals surface area contributed by atoms with E-state index in [1.54, 1.807) is 18.4 Å². The first-order valence-corrected chi connectivity index (χ1v) is 8.18. The van der Waals surface area contributed by atoms with Gasteiger partial charge in [0, 0.05) is 30.9 Å². The molecule has 0 saturated heterocycles. The molecule has 22 heavy (non-hydrogen) atoms. The minimum Gasteiger partial charge on any atom is -0.356 e. The minimum absolute atomic E-state index is 0.755. The molecular weight excluding hydrogens is 294 g/mol. The molecule has 0 radical (unpaired) electrons. The van der Waals surface area contributed by atoms with E-state index in [1.807, 2.05) is 26.2 Å². The van der Waals surface area contributed by atoms with Gasteiger partial charge in [0.15, 0.2) is 5.96 Å². The van der Waals surface area contributed by atoms with Gasteiger partial charge in [-0.15, -0.1) is 11.3 Å². The van der Waals surface area contributed by atoms with Crippen molar-refractivity contribution < 1.29 is 0 Å². The zero-order chi connectivity index (χ0) is 15.9. The summed E-state index contributed by atoms with van der Waals surface area (Å²) < 4.78 is 0. The molecule has 0 aromatic carbocycles. The van der Waals surface area contributed by atoms with Gasteiger partial charge in [0.2, 0.25) is 0 Å². The van der Waals surface area contributed by atoms with Gasteiger partial charge in [-0.3, -0.25) is 9.98 Å². The highest BCUT2D eigenvalue weighted by Gasteiger charge is 2.06. The van der Waals surface area contributed by atoms with Crippen LogP contribution in [0.5, 0.6) is 0 Å². The Balaban J connectivity index is 1.81. The lowest BCUT2D eigenvalue weighted by Crippen LogP contribution is -2.37. The van der Waals surface area contributed by atoms with E-state index >= 15 is 0 Å². The summed E-state index contributed by atoms with van der Waals surface area (Å²) in [6.07, 6.45) is 4.69. The van der Waals surface area contributed by atoms with Crippen LogP contribution in [-0.2, 0) is 13.0 Å². The van der Waals surface area contributed by atoms with Crippen LogP contribution in [0.2, 0.25) is 0 Å². The first-order chi connectivity index (χ1) is 10.6. The Bertz CT molecular complexity index is 648. The molecular formula is C16H23N5S. The van der Waals surface area contributed by atoms with Crippen molar-refractivity contribution in [2.45, 2.75) is 33.7 Å². The molecule has 0 fully saturated rings. The number of nitrogens with one attached hydrogen (secondary N) is 2. The van der Waals surface area contributed by atoms with Crippen LogP contribution in [0.15, 0.2) is 23.5 Å². The van der Waals surface area contributed by atoms with Crippen molar-refractivity contribution in [3.63, 3.8) is 0 Å². The standard InChI is InChI=1S/C16H23N5S/c1-11-9-18-7-5-14(11)6-8-19-16(17-4)20-10-15-12(2)21-13(3)22-15/h5,7,9H,6,8,10H2,1-4H3,(H2,17,19,20). The lowest BCUT2D eigenvalue weighted by Gasteiger charge is -2.12. The maximum Gasteiger partial charge on any atom is 0.191 e. The van der Waals surface area contributed by atoms with Crippen molar-refractivity contribution in [3.05, 3.63) is 45.2 Å². The molecule has 0 unspecified atom stereocenters. The highest BCUT2D eigenvalue weighted by Crippen LogP contribution is 2.16. The number of pyridine rings is 1. The SMILES string of the molecule is CN=C(NCCc1ccncc1C)NCc1sc(C)nc1C. The monoisotopic (exact) mass is 317 g/mol. The van der Waals surface area contributed by atoms with Crippen molar-refractivity contribution in [2.24, 2.45) is 4.99 Å². The second kappa shape index (κ2) is 7.89. The van der Waals surface area contributed by atoms with E-state index in [0.717, 1.165) is 36.2 Å². The number of hydrogen-bond donors (Lipinski definition) is 2. The smallest absolute Gasteiger partial charge is 0.191 e. The van der Waals surface area contributed by atoms with E-state index in [4.69, 9.17) is 0 Å². The Morgan fingerprint density at radius 1 is 1.27 bits per heavy atom. The second-order valence-corrected chi connectivity index (χ2v) is 6.43. The van der Waals surface area contributed by atoms with E-state index in [2.05, 4.69) is 38.6 Å². The third kappa shape index (κ3) is 4.53. The number of aromatic nitrogens is 2. The van der Waals surface area contributed by atoms with E-state index in [-0.39, 0.29) is 0 Å². The molecule has 0 aliphatic heterocycles. The van der Waals surface area contributed by atoms with Crippen LogP contribution in [0.4, 0.5) is 0 Å². The van der Waals surface area contributed by atoms with Crippen molar-refractivity contribution in [3.8, 4) is 0 Å². The van der Waals surface area contributed by atoms with E-state index in [0.29, 0.717) is 0 Å². The molecule has 2 heterocycles. The molecule has 0 saturated carbocycles. The molecule has 0 amide bonds. The molecule has 0 bridgehead atoms. The summed E-state index contributed by atoms with van der Waals surface area (Å²) in [6.45, 7) is 7.76. The first kappa shape index (κ1) is 16.4.